The third kappa shape index (κ3) is 3.89. The highest BCUT2D eigenvalue weighted by atomic mass is 32.1. The van der Waals surface area contributed by atoms with Crippen LogP contribution in [0.1, 0.15) is 11.3 Å². The summed E-state index contributed by atoms with van der Waals surface area (Å²) in [6, 6.07) is 20.7. The van der Waals surface area contributed by atoms with E-state index in [4.69, 9.17) is 10.1 Å². The molecule has 142 valence electrons. The molecule has 0 saturated carbocycles. The summed E-state index contributed by atoms with van der Waals surface area (Å²) in [7, 11) is 0. The van der Waals surface area contributed by atoms with Crippen molar-refractivity contribution in [3.8, 4) is 11.1 Å². The van der Waals surface area contributed by atoms with Crippen molar-refractivity contribution >= 4 is 33.3 Å². The van der Waals surface area contributed by atoms with E-state index >= 15 is 0 Å². The van der Waals surface area contributed by atoms with Gasteiger partial charge >= 0.3 is 0 Å². The van der Waals surface area contributed by atoms with E-state index in [1.807, 2.05) is 18.2 Å². The molecule has 3 N–H and O–H groups in total. The Morgan fingerprint density at radius 2 is 1.86 bits per heavy atom. The second kappa shape index (κ2) is 8.48. The van der Waals surface area contributed by atoms with Gasteiger partial charge in [-0.2, -0.15) is 4.37 Å². The van der Waals surface area contributed by atoms with E-state index in [1.54, 1.807) is 0 Å². The van der Waals surface area contributed by atoms with Crippen LogP contribution in [0.2, 0.25) is 0 Å². The van der Waals surface area contributed by atoms with Crippen LogP contribution >= 0.6 is 11.5 Å². The second-order valence-electron chi connectivity index (χ2n) is 6.55. The van der Waals surface area contributed by atoms with Crippen LogP contribution < -0.4 is 10.6 Å². The molecule has 0 saturated heterocycles. The summed E-state index contributed by atoms with van der Waals surface area (Å²) in [5.74, 6) is 0. The van der Waals surface area contributed by atoms with Crippen LogP contribution in [0.5, 0.6) is 0 Å². The Labute approximate surface area is 168 Å². The largest absolute Gasteiger partial charge is 0.395 e. The number of nitrogens with zero attached hydrogens (tertiary/aromatic N) is 2. The van der Waals surface area contributed by atoms with E-state index in [-0.39, 0.29) is 6.61 Å². The lowest BCUT2D eigenvalue weighted by Crippen LogP contribution is -2.18. The Bertz CT molecular complexity index is 1080. The molecule has 0 radical (unpaired) electrons. The van der Waals surface area contributed by atoms with Crippen molar-refractivity contribution < 1.29 is 5.11 Å². The minimum Gasteiger partial charge on any atom is -0.395 e. The maximum atomic E-state index is 8.92. The fourth-order valence-corrected chi connectivity index (χ4v) is 3.90. The number of benzene rings is 2. The monoisotopic (exact) mass is 390 g/mol. The Hall–Kier alpha value is -2.80. The zero-order valence-corrected chi connectivity index (χ0v) is 16.5. The highest BCUT2D eigenvalue weighted by molar-refractivity contribution is 7.11. The van der Waals surface area contributed by atoms with Crippen LogP contribution in [0.25, 0.3) is 22.2 Å². The molecule has 2 aromatic carbocycles. The van der Waals surface area contributed by atoms with Crippen molar-refractivity contribution in [1.29, 1.82) is 0 Å². The van der Waals surface area contributed by atoms with Crippen molar-refractivity contribution in [2.24, 2.45) is 0 Å². The molecule has 4 aromatic rings. The highest BCUT2D eigenvalue weighted by Crippen LogP contribution is 2.34. The lowest BCUT2D eigenvalue weighted by Gasteiger charge is -2.12. The predicted molar refractivity (Wildman–Crippen MR) is 116 cm³/mol. The normalized spacial score (nSPS) is 11.1. The van der Waals surface area contributed by atoms with Gasteiger partial charge in [-0.3, -0.25) is 0 Å². The number of nitrogens with one attached hydrogen (secondary N) is 2. The van der Waals surface area contributed by atoms with Gasteiger partial charge in [0, 0.05) is 18.8 Å². The number of aromatic nitrogens is 2. The Balaban J connectivity index is 1.64. The van der Waals surface area contributed by atoms with Crippen molar-refractivity contribution in [3.05, 3.63) is 71.9 Å². The minimum atomic E-state index is 0.117. The molecule has 0 spiro atoms. The van der Waals surface area contributed by atoms with Crippen LogP contribution in [0.15, 0.2) is 60.7 Å². The number of fused-ring (bicyclic) bond motifs is 1. The molecule has 0 fully saturated rings. The molecule has 28 heavy (non-hydrogen) atoms. The summed E-state index contributed by atoms with van der Waals surface area (Å²) in [6.45, 7) is 3.42. The fourth-order valence-electron chi connectivity index (χ4n) is 3.17. The van der Waals surface area contributed by atoms with Gasteiger partial charge in [-0.05, 0) is 53.3 Å². The van der Waals surface area contributed by atoms with E-state index in [0.717, 1.165) is 27.4 Å². The lowest BCUT2D eigenvalue weighted by molar-refractivity contribution is 0.291. The Morgan fingerprint density at radius 1 is 1.00 bits per heavy atom. The Kier molecular flexibility index (Phi) is 5.62. The number of hydrogen-bond acceptors (Lipinski definition) is 6. The summed E-state index contributed by atoms with van der Waals surface area (Å²) in [4.78, 5) is 4.75. The number of rotatable bonds is 7. The summed E-state index contributed by atoms with van der Waals surface area (Å²) in [5.41, 5.74) is 7.34. The predicted octanol–water partition coefficient (Wildman–Crippen LogP) is 4.49. The molecule has 0 amide bonds. The van der Waals surface area contributed by atoms with E-state index in [1.165, 1.54) is 28.2 Å². The topological polar surface area (TPSA) is 70.1 Å². The molecule has 2 aromatic heterocycles. The summed E-state index contributed by atoms with van der Waals surface area (Å²) < 4.78 is 4.52. The second-order valence-corrected chi connectivity index (χ2v) is 7.32. The quantitative estimate of drug-likeness (QED) is 0.406. The lowest BCUT2D eigenvalue weighted by atomic mass is 9.99. The van der Waals surface area contributed by atoms with Gasteiger partial charge in [0.1, 0.15) is 16.0 Å². The molecule has 2 heterocycles. The highest BCUT2D eigenvalue weighted by Gasteiger charge is 2.12. The molecule has 0 unspecified atom stereocenters. The SMILES string of the molecule is Cc1c(Nc2snc3ccc(CNCCO)nc23)cccc1-c1ccccc1. The van der Waals surface area contributed by atoms with E-state index in [9.17, 15) is 0 Å². The molecule has 4 rings (SSSR count). The standard InChI is InChI=1S/C22H22N4OS/c1-15-18(16-6-3-2-4-7-16)8-5-9-19(15)25-22-21-20(26-28-22)11-10-17(24-21)14-23-12-13-27/h2-11,23,25,27H,12-14H2,1H3. The van der Waals surface area contributed by atoms with E-state index in [2.05, 4.69) is 64.4 Å². The number of aliphatic hydroxyl groups excluding tert-OH is 1. The van der Waals surface area contributed by atoms with Crippen LogP contribution in [-0.2, 0) is 6.54 Å². The van der Waals surface area contributed by atoms with E-state index < -0.39 is 0 Å². The molecule has 0 aliphatic heterocycles. The fraction of sp³-hybridized carbons (Fsp3) is 0.182. The summed E-state index contributed by atoms with van der Waals surface area (Å²) in [5, 5.41) is 16.6. The molecule has 0 aliphatic carbocycles. The van der Waals surface area contributed by atoms with Crippen molar-refractivity contribution in [1.82, 2.24) is 14.7 Å². The molecule has 0 atom stereocenters. The van der Waals surface area contributed by atoms with Crippen LogP contribution in [-0.4, -0.2) is 27.6 Å². The smallest absolute Gasteiger partial charge is 0.140 e. The van der Waals surface area contributed by atoms with Crippen molar-refractivity contribution in [2.45, 2.75) is 13.5 Å². The zero-order chi connectivity index (χ0) is 19.3. The third-order valence-electron chi connectivity index (χ3n) is 4.64. The van der Waals surface area contributed by atoms with Gasteiger partial charge in [0.15, 0.2) is 0 Å². The maximum Gasteiger partial charge on any atom is 0.140 e. The van der Waals surface area contributed by atoms with Gasteiger partial charge in [-0.25, -0.2) is 4.98 Å². The maximum absolute atomic E-state index is 8.92. The zero-order valence-electron chi connectivity index (χ0n) is 15.6. The minimum absolute atomic E-state index is 0.117. The first kappa shape index (κ1) is 18.6. The first-order valence-electron chi connectivity index (χ1n) is 9.25. The van der Waals surface area contributed by atoms with Gasteiger partial charge in [0.05, 0.1) is 12.3 Å². The van der Waals surface area contributed by atoms with Gasteiger partial charge in [0.2, 0.25) is 0 Å². The van der Waals surface area contributed by atoms with Gasteiger partial charge < -0.3 is 15.7 Å². The number of anilines is 2. The first-order chi connectivity index (χ1) is 13.8. The van der Waals surface area contributed by atoms with Crippen LogP contribution in [0.3, 0.4) is 0 Å². The number of aliphatic hydroxyl groups is 1. The first-order valence-corrected chi connectivity index (χ1v) is 10.0. The van der Waals surface area contributed by atoms with Gasteiger partial charge in [-0.1, -0.05) is 42.5 Å². The molecule has 6 heteroatoms. The van der Waals surface area contributed by atoms with Crippen LogP contribution in [0, 0.1) is 6.92 Å². The molecule has 0 bridgehead atoms. The average Bonchev–Trinajstić information content (AvgIpc) is 3.12. The third-order valence-corrected chi connectivity index (χ3v) is 5.41. The number of hydrogen-bond donors (Lipinski definition) is 3. The summed E-state index contributed by atoms with van der Waals surface area (Å²) >= 11 is 1.42. The molecule has 5 nitrogen and oxygen atoms in total. The molecule has 0 aliphatic rings. The molecular weight excluding hydrogens is 368 g/mol. The average molecular weight is 391 g/mol. The van der Waals surface area contributed by atoms with Crippen LogP contribution in [0.4, 0.5) is 10.7 Å². The van der Waals surface area contributed by atoms with Crippen molar-refractivity contribution in [2.75, 3.05) is 18.5 Å². The summed E-state index contributed by atoms with van der Waals surface area (Å²) in [6.07, 6.45) is 0. The van der Waals surface area contributed by atoms with Gasteiger partial charge in [0.25, 0.3) is 0 Å². The molecular formula is C22H22N4OS. The Morgan fingerprint density at radius 3 is 2.68 bits per heavy atom. The van der Waals surface area contributed by atoms with Crippen molar-refractivity contribution in [3.63, 3.8) is 0 Å². The number of pyridine rings is 1. The van der Waals surface area contributed by atoms with E-state index in [0.29, 0.717) is 13.1 Å². The van der Waals surface area contributed by atoms with Gasteiger partial charge in [-0.15, -0.1) is 0 Å².